The normalized spacial score (nSPS) is 22.3. The number of carbonyl (C=O) groups is 3. The lowest BCUT2D eigenvalue weighted by Gasteiger charge is -2.31. The molecule has 0 saturated heterocycles. The van der Waals surface area contributed by atoms with E-state index in [1.165, 1.54) is 11.3 Å². The van der Waals surface area contributed by atoms with Gasteiger partial charge in [-0.15, -0.1) is 11.3 Å². The van der Waals surface area contributed by atoms with Gasteiger partial charge in [0.25, 0.3) is 0 Å². The summed E-state index contributed by atoms with van der Waals surface area (Å²) in [5.41, 5.74) is 1.42. The number of anilines is 1. The number of carboxylic acid groups (broad SMARTS) is 1. The number of aryl methyl sites for hydroxylation is 1. The van der Waals surface area contributed by atoms with Crippen LogP contribution in [0.5, 0.6) is 0 Å². The fourth-order valence-corrected chi connectivity index (χ4v) is 5.12. The predicted molar refractivity (Wildman–Crippen MR) is 91.4 cm³/mol. The number of nitrogens with one attached hydrogen (secondary N) is 1. The number of aliphatic carboxylic acids is 1. The SMILES string of the molecule is CCOC(=O)c1c(NC(=O)[C@H]2CCCC[C@H]2C(=O)[O-])sc2c1CCC2. The van der Waals surface area contributed by atoms with Crippen molar-refractivity contribution in [1.29, 1.82) is 0 Å². The predicted octanol–water partition coefficient (Wildman–Crippen LogP) is 1.91. The van der Waals surface area contributed by atoms with Crippen LogP contribution < -0.4 is 10.4 Å². The van der Waals surface area contributed by atoms with Crippen LogP contribution in [0.3, 0.4) is 0 Å². The summed E-state index contributed by atoms with van der Waals surface area (Å²) in [5, 5.41) is 14.7. The van der Waals surface area contributed by atoms with Crippen molar-refractivity contribution in [3.63, 3.8) is 0 Å². The minimum Gasteiger partial charge on any atom is -0.550 e. The number of amides is 1. The van der Waals surface area contributed by atoms with Gasteiger partial charge in [-0.1, -0.05) is 12.8 Å². The Bertz CT molecular complexity index is 696. The van der Waals surface area contributed by atoms with Crippen molar-refractivity contribution in [1.82, 2.24) is 0 Å². The van der Waals surface area contributed by atoms with E-state index < -0.39 is 23.8 Å². The molecule has 7 heteroatoms. The molecule has 25 heavy (non-hydrogen) atoms. The highest BCUT2D eigenvalue weighted by Gasteiger charge is 2.34. The maximum atomic E-state index is 12.7. The summed E-state index contributed by atoms with van der Waals surface area (Å²) >= 11 is 1.41. The topological polar surface area (TPSA) is 95.5 Å². The minimum absolute atomic E-state index is 0.270. The molecule has 1 amide bonds. The second-order valence-corrected chi connectivity index (χ2v) is 7.69. The van der Waals surface area contributed by atoms with Crippen LogP contribution in [0.2, 0.25) is 0 Å². The first kappa shape index (κ1) is 17.9. The zero-order valence-corrected chi connectivity index (χ0v) is 15.1. The second kappa shape index (κ2) is 7.56. The Hall–Kier alpha value is -1.89. The van der Waals surface area contributed by atoms with Gasteiger partial charge in [0.2, 0.25) is 5.91 Å². The molecule has 0 radical (unpaired) electrons. The van der Waals surface area contributed by atoms with E-state index in [2.05, 4.69) is 5.32 Å². The van der Waals surface area contributed by atoms with E-state index >= 15 is 0 Å². The maximum Gasteiger partial charge on any atom is 0.341 e. The zero-order chi connectivity index (χ0) is 18.0. The largest absolute Gasteiger partial charge is 0.550 e. The molecule has 3 rings (SSSR count). The van der Waals surface area contributed by atoms with Crippen LogP contribution in [-0.4, -0.2) is 24.5 Å². The molecule has 1 saturated carbocycles. The Morgan fingerprint density at radius 2 is 1.88 bits per heavy atom. The average Bonchev–Trinajstić information content (AvgIpc) is 3.15. The fraction of sp³-hybridized carbons (Fsp3) is 0.611. The fourth-order valence-electron chi connectivity index (χ4n) is 3.84. The number of thiophene rings is 1. The molecule has 0 spiro atoms. The number of esters is 1. The summed E-state index contributed by atoms with van der Waals surface area (Å²) in [7, 11) is 0. The highest BCUT2D eigenvalue weighted by molar-refractivity contribution is 7.17. The van der Waals surface area contributed by atoms with Crippen molar-refractivity contribution in [3.05, 3.63) is 16.0 Å². The van der Waals surface area contributed by atoms with Crippen LogP contribution in [0, 0.1) is 11.8 Å². The monoisotopic (exact) mass is 364 g/mol. The van der Waals surface area contributed by atoms with Crippen LogP contribution in [0.15, 0.2) is 0 Å². The van der Waals surface area contributed by atoms with Crippen molar-refractivity contribution >= 4 is 34.2 Å². The first-order chi connectivity index (χ1) is 12.0. The number of hydrogen-bond acceptors (Lipinski definition) is 6. The lowest BCUT2D eigenvalue weighted by atomic mass is 9.79. The molecule has 0 bridgehead atoms. The highest BCUT2D eigenvalue weighted by atomic mass is 32.1. The Balaban J connectivity index is 1.83. The van der Waals surface area contributed by atoms with Gasteiger partial charge in [0.05, 0.1) is 12.2 Å². The number of fused-ring (bicyclic) bond motifs is 1. The van der Waals surface area contributed by atoms with Gasteiger partial charge in [-0.25, -0.2) is 4.79 Å². The molecule has 2 atom stereocenters. The molecule has 136 valence electrons. The van der Waals surface area contributed by atoms with Gasteiger partial charge >= 0.3 is 5.97 Å². The number of hydrogen-bond donors (Lipinski definition) is 1. The molecule has 2 aliphatic carbocycles. The molecule has 2 aliphatic rings. The van der Waals surface area contributed by atoms with Crippen molar-refractivity contribution < 1.29 is 24.2 Å². The second-order valence-electron chi connectivity index (χ2n) is 6.59. The minimum atomic E-state index is -1.17. The lowest BCUT2D eigenvalue weighted by Crippen LogP contribution is -2.42. The van der Waals surface area contributed by atoms with Gasteiger partial charge in [-0.2, -0.15) is 0 Å². The van der Waals surface area contributed by atoms with E-state index in [-0.39, 0.29) is 12.5 Å². The molecule has 1 aromatic rings. The van der Waals surface area contributed by atoms with Crippen molar-refractivity contribution in [2.75, 3.05) is 11.9 Å². The van der Waals surface area contributed by atoms with E-state index in [0.717, 1.165) is 42.5 Å². The third-order valence-corrected chi connectivity index (χ3v) is 6.25. The summed E-state index contributed by atoms with van der Waals surface area (Å²) < 4.78 is 5.15. The van der Waals surface area contributed by atoms with E-state index in [9.17, 15) is 19.5 Å². The third-order valence-electron chi connectivity index (χ3n) is 5.04. The molecule has 1 fully saturated rings. The van der Waals surface area contributed by atoms with Gasteiger partial charge in [-0.05, 0) is 44.6 Å². The van der Waals surface area contributed by atoms with Gasteiger partial charge in [0.15, 0.2) is 0 Å². The zero-order valence-electron chi connectivity index (χ0n) is 14.3. The molecule has 6 nitrogen and oxygen atoms in total. The van der Waals surface area contributed by atoms with E-state index in [0.29, 0.717) is 23.4 Å². The van der Waals surface area contributed by atoms with Crippen LogP contribution in [0.25, 0.3) is 0 Å². The molecule has 1 N–H and O–H groups in total. The summed E-state index contributed by atoms with van der Waals surface area (Å²) in [4.78, 5) is 37.5. The summed E-state index contributed by atoms with van der Waals surface area (Å²) in [6, 6.07) is 0. The number of carboxylic acids is 1. The Morgan fingerprint density at radius 1 is 1.16 bits per heavy atom. The molecule has 1 aromatic heterocycles. The molecule has 0 aromatic carbocycles. The van der Waals surface area contributed by atoms with Crippen LogP contribution in [-0.2, 0) is 27.2 Å². The maximum absolute atomic E-state index is 12.7. The Labute approximate surface area is 150 Å². The van der Waals surface area contributed by atoms with Crippen LogP contribution in [0.1, 0.15) is 59.8 Å². The van der Waals surface area contributed by atoms with E-state index in [1.54, 1.807) is 6.92 Å². The quantitative estimate of drug-likeness (QED) is 0.805. The summed E-state index contributed by atoms with van der Waals surface area (Å²) in [6.45, 7) is 2.02. The molecular formula is C18H22NO5S-. The highest BCUT2D eigenvalue weighted by Crippen LogP contribution is 2.40. The molecule has 0 unspecified atom stereocenters. The van der Waals surface area contributed by atoms with Crippen molar-refractivity contribution in [2.24, 2.45) is 11.8 Å². The Morgan fingerprint density at radius 3 is 2.56 bits per heavy atom. The van der Waals surface area contributed by atoms with Crippen molar-refractivity contribution in [3.8, 4) is 0 Å². The lowest BCUT2D eigenvalue weighted by molar-refractivity contribution is -0.313. The third kappa shape index (κ3) is 3.56. The molecule has 1 heterocycles. The Kier molecular flexibility index (Phi) is 5.42. The van der Waals surface area contributed by atoms with Crippen LogP contribution >= 0.6 is 11.3 Å². The average molecular weight is 364 g/mol. The van der Waals surface area contributed by atoms with Gasteiger partial charge < -0.3 is 20.0 Å². The number of rotatable bonds is 5. The van der Waals surface area contributed by atoms with Gasteiger partial charge in [-0.3, -0.25) is 4.79 Å². The van der Waals surface area contributed by atoms with Crippen LogP contribution in [0.4, 0.5) is 5.00 Å². The van der Waals surface area contributed by atoms with E-state index in [1.807, 2.05) is 0 Å². The molecule has 0 aliphatic heterocycles. The molecular weight excluding hydrogens is 342 g/mol. The van der Waals surface area contributed by atoms with Crippen molar-refractivity contribution in [2.45, 2.75) is 51.9 Å². The van der Waals surface area contributed by atoms with Gasteiger partial charge in [0, 0.05) is 22.7 Å². The summed E-state index contributed by atoms with van der Waals surface area (Å²) in [5.74, 6) is -3.28. The van der Waals surface area contributed by atoms with Gasteiger partial charge in [0.1, 0.15) is 5.00 Å². The summed E-state index contributed by atoms with van der Waals surface area (Å²) in [6.07, 6.45) is 5.32. The first-order valence-electron chi connectivity index (χ1n) is 8.86. The number of ether oxygens (including phenoxy) is 1. The van der Waals surface area contributed by atoms with E-state index in [4.69, 9.17) is 4.74 Å². The smallest absolute Gasteiger partial charge is 0.341 e. The first-order valence-corrected chi connectivity index (χ1v) is 9.68. The number of carbonyl (C=O) groups excluding carboxylic acids is 3. The standard InChI is InChI=1S/C18H23NO5S/c1-2-24-18(23)14-12-8-5-9-13(12)25-16(14)19-15(20)10-6-3-4-7-11(10)17(21)22/h10-11H,2-9H2,1H3,(H,19,20)(H,21,22)/p-1/t10-,11+/m0/s1.